The molecule has 0 bridgehead atoms. The van der Waals surface area contributed by atoms with Crippen LogP contribution in [0.15, 0.2) is 18.2 Å². The highest BCUT2D eigenvalue weighted by Gasteiger charge is 2.28. The highest BCUT2D eigenvalue weighted by molar-refractivity contribution is 5.85. The molecular weight excluding hydrogens is 364 g/mol. The lowest BCUT2D eigenvalue weighted by Crippen LogP contribution is -2.40. The first-order valence-corrected chi connectivity index (χ1v) is 9.91. The first kappa shape index (κ1) is 23.6. The molecule has 0 heterocycles. The molecule has 1 aliphatic rings. The summed E-state index contributed by atoms with van der Waals surface area (Å²) in [6.45, 7) is 9.31. The first-order valence-electron chi connectivity index (χ1n) is 9.91. The number of carbonyl (C=O) groups excluding carboxylic acids is 1. The van der Waals surface area contributed by atoms with Crippen molar-refractivity contribution in [3.05, 3.63) is 23.8 Å². The van der Waals surface area contributed by atoms with Crippen molar-refractivity contribution in [2.45, 2.75) is 65.5 Å². The van der Waals surface area contributed by atoms with Gasteiger partial charge in [-0.05, 0) is 56.7 Å². The normalized spacial score (nSPS) is 20.5. The highest BCUT2D eigenvalue weighted by Crippen LogP contribution is 2.33. The van der Waals surface area contributed by atoms with Gasteiger partial charge in [-0.3, -0.25) is 4.79 Å². The van der Waals surface area contributed by atoms with Gasteiger partial charge in [0.1, 0.15) is 0 Å². The molecule has 1 amide bonds. The maximum Gasteiger partial charge on any atom is 0.223 e. The molecule has 3 atom stereocenters. The molecule has 1 aromatic carbocycles. The molecule has 0 aromatic heterocycles. The molecule has 154 valence electrons. The fraction of sp³-hybridized carbons (Fsp3) is 0.667. The third-order valence-corrected chi connectivity index (χ3v) is 4.98. The van der Waals surface area contributed by atoms with E-state index in [4.69, 9.17) is 15.2 Å². The van der Waals surface area contributed by atoms with Crippen molar-refractivity contribution in [1.29, 1.82) is 0 Å². The second-order valence-corrected chi connectivity index (χ2v) is 7.43. The molecule has 3 N–H and O–H groups in total. The molecule has 2 rings (SSSR count). The Kier molecular flexibility index (Phi) is 9.95. The van der Waals surface area contributed by atoms with Crippen molar-refractivity contribution in [2.75, 3.05) is 13.2 Å². The van der Waals surface area contributed by atoms with E-state index in [0.29, 0.717) is 13.2 Å². The lowest BCUT2D eigenvalue weighted by molar-refractivity contribution is -0.127. The van der Waals surface area contributed by atoms with Crippen molar-refractivity contribution in [3.63, 3.8) is 0 Å². The van der Waals surface area contributed by atoms with Crippen molar-refractivity contribution in [2.24, 2.45) is 17.6 Å². The van der Waals surface area contributed by atoms with Crippen LogP contribution in [0.1, 0.15) is 65.0 Å². The summed E-state index contributed by atoms with van der Waals surface area (Å²) in [6.07, 6.45) is 3.76. The Hall–Kier alpha value is -1.46. The molecular formula is C21H35ClN2O3. The Morgan fingerprint density at radius 3 is 2.44 bits per heavy atom. The van der Waals surface area contributed by atoms with Gasteiger partial charge in [-0.1, -0.05) is 26.3 Å². The number of benzene rings is 1. The van der Waals surface area contributed by atoms with Gasteiger partial charge < -0.3 is 20.5 Å². The average Bonchev–Trinajstić information content (AvgIpc) is 2.61. The van der Waals surface area contributed by atoms with Crippen LogP contribution in [0, 0.1) is 11.8 Å². The Morgan fingerprint density at radius 1 is 1.19 bits per heavy atom. The molecule has 0 radical (unpaired) electrons. The van der Waals surface area contributed by atoms with Crippen LogP contribution in [0.3, 0.4) is 0 Å². The van der Waals surface area contributed by atoms with E-state index in [0.717, 1.165) is 42.7 Å². The van der Waals surface area contributed by atoms with E-state index in [1.165, 1.54) is 0 Å². The van der Waals surface area contributed by atoms with Crippen LogP contribution in [0.2, 0.25) is 0 Å². The standard InChI is InChI=1S/C21H34N2O3.ClH/c1-5-25-18-11-10-15(13-19(18)26-6-2)20(14(3)4)23-21(24)16-8-7-9-17(22)12-16;/h10-11,13-14,16-17,20H,5-9,12,22H2,1-4H3,(H,23,24);1H. The number of carbonyl (C=O) groups is 1. The Morgan fingerprint density at radius 2 is 1.85 bits per heavy atom. The molecule has 0 aliphatic heterocycles. The van der Waals surface area contributed by atoms with Crippen LogP contribution >= 0.6 is 12.4 Å². The van der Waals surface area contributed by atoms with Crippen LogP contribution in [-0.2, 0) is 4.79 Å². The first-order chi connectivity index (χ1) is 12.5. The number of nitrogens with one attached hydrogen (secondary N) is 1. The number of hydrogen-bond acceptors (Lipinski definition) is 4. The number of halogens is 1. The maximum atomic E-state index is 12.8. The minimum Gasteiger partial charge on any atom is -0.490 e. The molecule has 27 heavy (non-hydrogen) atoms. The van der Waals surface area contributed by atoms with E-state index in [1.807, 2.05) is 32.0 Å². The second-order valence-electron chi connectivity index (χ2n) is 7.43. The van der Waals surface area contributed by atoms with Crippen molar-refractivity contribution < 1.29 is 14.3 Å². The molecule has 0 spiro atoms. The fourth-order valence-corrected chi connectivity index (χ4v) is 3.63. The van der Waals surface area contributed by atoms with E-state index in [9.17, 15) is 4.79 Å². The van der Waals surface area contributed by atoms with E-state index in [-0.39, 0.29) is 42.2 Å². The van der Waals surface area contributed by atoms with E-state index in [1.54, 1.807) is 0 Å². The summed E-state index contributed by atoms with van der Waals surface area (Å²) in [6, 6.07) is 6.03. The van der Waals surface area contributed by atoms with Gasteiger partial charge in [0.15, 0.2) is 11.5 Å². The minimum atomic E-state index is -0.0597. The topological polar surface area (TPSA) is 73.6 Å². The number of hydrogen-bond donors (Lipinski definition) is 2. The minimum absolute atomic E-state index is 0. The van der Waals surface area contributed by atoms with Crippen molar-refractivity contribution >= 4 is 18.3 Å². The summed E-state index contributed by atoms with van der Waals surface area (Å²) in [5.41, 5.74) is 7.09. The van der Waals surface area contributed by atoms with Gasteiger partial charge in [-0.15, -0.1) is 12.4 Å². The Labute approximate surface area is 169 Å². The van der Waals surface area contributed by atoms with E-state index < -0.39 is 0 Å². The number of amides is 1. The molecule has 0 saturated heterocycles. The van der Waals surface area contributed by atoms with Gasteiger partial charge in [-0.25, -0.2) is 0 Å². The zero-order valence-electron chi connectivity index (χ0n) is 17.0. The molecule has 5 nitrogen and oxygen atoms in total. The second kappa shape index (κ2) is 11.4. The van der Waals surface area contributed by atoms with Crippen LogP contribution in [0.5, 0.6) is 11.5 Å². The summed E-state index contributed by atoms with van der Waals surface area (Å²) in [5, 5.41) is 3.25. The van der Waals surface area contributed by atoms with Gasteiger partial charge in [0.2, 0.25) is 5.91 Å². The molecule has 1 aliphatic carbocycles. The van der Waals surface area contributed by atoms with Crippen LogP contribution < -0.4 is 20.5 Å². The smallest absolute Gasteiger partial charge is 0.223 e. The van der Waals surface area contributed by atoms with Gasteiger partial charge in [0.25, 0.3) is 0 Å². The van der Waals surface area contributed by atoms with Gasteiger partial charge in [0, 0.05) is 12.0 Å². The van der Waals surface area contributed by atoms with Crippen molar-refractivity contribution in [1.82, 2.24) is 5.32 Å². The summed E-state index contributed by atoms with van der Waals surface area (Å²) >= 11 is 0. The summed E-state index contributed by atoms with van der Waals surface area (Å²) in [7, 11) is 0. The SMILES string of the molecule is CCOc1ccc(C(NC(=O)C2CCCC(N)C2)C(C)C)cc1OCC.Cl. The maximum absolute atomic E-state index is 12.8. The van der Waals surface area contributed by atoms with Crippen LogP contribution in [0.25, 0.3) is 0 Å². The van der Waals surface area contributed by atoms with Crippen LogP contribution in [-0.4, -0.2) is 25.2 Å². The van der Waals surface area contributed by atoms with Gasteiger partial charge >= 0.3 is 0 Å². The van der Waals surface area contributed by atoms with E-state index in [2.05, 4.69) is 19.2 Å². The average molecular weight is 399 g/mol. The molecule has 1 saturated carbocycles. The summed E-state index contributed by atoms with van der Waals surface area (Å²) < 4.78 is 11.4. The zero-order valence-corrected chi connectivity index (χ0v) is 17.8. The fourth-order valence-electron chi connectivity index (χ4n) is 3.63. The molecule has 3 unspecified atom stereocenters. The van der Waals surface area contributed by atoms with Gasteiger partial charge in [0.05, 0.1) is 19.3 Å². The lowest BCUT2D eigenvalue weighted by Gasteiger charge is -2.30. The predicted octanol–water partition coefficient (Wildman–Crippen LogP) is 4.24. The number of ether oxygens (including phenoxy) is 2. The molecule has 6 heteroatoms. The lowest BCUT2D eigenvalue weighted by atomic mass is 9.85. The summed E-state index contributed by atoms with van der Waals surface area (Å²) in [5.74, 6) is 1.88. The third kappa shape index (κ3) is 6.58. The monoisotopic (exact) mass is 398 g/mol. The Bertz CT molecular complexity index is 595. The number of nitrogens with two attached hydrogens (primary N) is 1. The molecule has 1 fully saturated rings. The number of rotatable bonds is 8. The Balaban J connectivity index is 0.00000364. The van der Waals surface area contributed by atoms with Crippen molar-refractivity contribution in [3.8, 4) is 11.5 Å². The van der Waals surface area contributed by atoms with Gasteiger partial charge in [-0.2, -0.15) is 0 Å². The van der Waals surface area contributed by atoms with E-state index >= 15 is 0 Å². The summed E-state index contributed by atoms with van der Waals surface area (Å²) in [4.78, 5) is 12.8. The van der Waals surface area contributed by atoms with Crippen LogP contribution in [0.4, 0.5) is 0 Å². The highest BCUT2D eigenvalue weighted by atomic mass is 35.5. The third-order valence-electron chi connectivity index (χ3n) is 4.98. The quantitative estimate of drug-likeness (QED) is 0.686. The largest absolute Gasteiger partial charge is 0.490 e. The zero-order chi connectivity index (χ0) is 19.1. The molecule has 1 aromatic rings. The predicted molar refractivity (Wildman–Crippen MR) is 112 cm³/mol.